The third kappa shape index (κ3) is 4.64. The van der Waals surface area contributed by atoms with Gasteiger partial charge in [0.05, 0.1) is 23.8 Å². The maximum Gasteiger partial charge on any atom is 0.262 e. The molecule has 28 heavy (non-hydrogen) atoms. The average Bonchev–Trinajstić information content (AvgIpc) is 2.71. The van der Waals surface area contributed by atoms with Crippen LogP contribution in [-0.4, -0.2) is 21.6 Å². The molecule has 0 saturated carbocycles. The van der Waals surface area contributed by atoms with Crippen molar-refractivity contribution in [3.63, 3.8) is 0 Å². The molecule has 0 aliphatic carbocycles. The average molecular weight is 397 g/mol. The summed E-state index contributed by atoms with van der Waals surface area (Å²) >= 11 is 0. The highest BCUT2D eigenvalue weighted by molar-refractivity contribution is 7.92. The minimum absolute atomic E-state index is 0.177. The van der Waals surface area contributed by atoms with Crippen LogP contribution in [0.5, 0.6) is 11.5 Å². The lowest BCUT2D eigenvalue weighted by Crippen LogP contribution is -2.14. The van der Waals surface area contributed by atoms with Crippen LogP contribution in [0.1, 0.15) is 13.8 Å². The van der Waals surface area contributed by atoms with Crippen LogP contribution >= 0.6 is 0 Å². The van der Waals surface area contributed by atoms with Crippen LogP contribution in [0.4, 0.5) is 5.69 Å². The lowest BCUT2D eigenvalue weighted by atomic mass is 10.1. The van der Waals surface area contributed by atoms with E-state index in [2.05, 4.69) is 4.72 Å². The van der Waals surface area contributed by atoms with E-state index in [9.17, 15) is 8.42 Å². The largest absolute Gasteiger partial charge is 0.494 e. The second kappa shape index (κ2) is 8.80. The summed E-state index contributed by atoms with van der Waals surface area (Å²) in [5.41, 5.74) is 2.33. The van der Waals surface area contributed by atoms with E-state index in [0.29, 0.717) is 30.4 Å². The Morgan fingerprint density at radius 3 is 2.07 bits per heavy atom. The first-order valence-corrected chi connectivity index (χ1v) is 10.6. The number of rotatable bonds is 8. The molecule has 1 N–H and O–H groups in total. The Balaban J connectivity index is 1.88. The van der Waals surface area contributed by atoms with E-state index >= 15 is 0 Å². The van der Waals surface area contributed by atoms with Crippen molar-refractivity contribution in [1.82, 2.24) is 0 Å². The van der Waals surface area contributed by atoms with Gasteiger partial charge in [-0.25, -0.2) is 8.42 Å². The summed E-state index contributed by atoms with van der Waals surface area (Å²) in [7, 11) is -3.77. The SMILES string of the molecule is CCOc1ccc(OCC)c(NS(=O)(=O)c2ccc(-c3ccccc3)cc2)c1. The van der Waals surface area contributed by atoms with Gasteiger partial charge in [-0.3, -0.25) is 4.72 Å². The molecule has 0 unspecified atom stereocenters. The molecule has 0 aromatic heterocycles. The summed E-state index contributed by atoms with van der Waals surface area (Å²) in [4.78, 5) is 0.177. The first kappa shape index (κ1) is 19.8. The highest BCUT2D eigenvalue weighted by Gasteiger charge is 2.17. The highest BCUT2D eigenvalue weighted by Crippen LogP contribution is 2.31. The molecule has 0 saturated heterocycles. The molecule has 3 aromatic rings. The fraction of sp³-hybridized carbons (Fsp3) is 0.182. The Morgan fingerprint density at radius 2 is 1.43 bits per heavy atom. The van der Waals surface area contributed by atoms with Gasteiger partial charge < -0.3 is 9.47 Å². The van der Waals surface area contributed by atoms with Crippen LogP contribution in [0.2, 0.25) is 0 Å². The second-order valence-electron chi connectivity index (χ2n) is 6.02. The van der Waals surface area contributed by atoms with Gasteiger partial charge in [-0.05, 0) is 49.2 Å². The fourth-order valence-corrected chi connectivity index (χ4v) is 3.85. The Hall–Kier alpha value is -2.99. The van der Waals surface area contributed by atoms with E-state index in [1.807, 2.05) is 44.2 Å². The van der Waals surface area contributed by atoms with Crippen LogP contribution in [0, 0.1) is 0 Å². The van der Waals surface area contributed by atoms with Crippen molar-refractivity contribution in [2.24, 2.45) is 0 Å². The first-order chi connectivity index (χ1) is 13.5. The smallest absolute Gasteiger partial charge is 0.262 e. The number of ether oxygens (including phenoxy) is 2. The zero-order valence-corrected chi connectivity index (χ0v) is 16.7. The number of sulfonamides is 1. The molecule has 0 radical (unpaired) electrons. The number of hydrogen-bond donors (Lipinski definition) is 1. The fourth-order valence-electron chi connectivity index (χ4n) is 2.79. The van der Waals surface area contributed by atoms with Crippen LogP contribution in [0.15, 0.2) is 77.7 Å². The minimum Gasteiger partial charge on any atom is -0.494 e. The zero-order valence-electron chi connectivity index (χ0n) is 15.9. The van der Waals surface area contributed by atoms with Gasteiger partial charge in [0.15, 0.2) is 0 Å². The maximum atomic E-state index is 12.9. The molecular formula is C22H23NO4S. The normalized spacial score (nSPS) is 11.1. The van der Waals surface area contributed by atoms with E-state index in [4.69, 9.17) is 9.47 Å². The number of nitrogens with one attached hydrogen (secondary N) is 1. The summed E-state index contributed by atoms with van der Waals surface area (Å²) < 4.78 is 39.4. The molecule has 0 atom stereocenters. The van der Waals surface area contributed by atoms with Crippen LogP contribution in [-0.2, 0) is 10.0 Å². The van der Waals surface area contributed by atoms with E-state index < -0.39 is 10.0 Å². The van der Waals surface area contributed by atoms with E-state index in [-0.39, 0.29) is 4.90 Å². The third-order valence-electron chi connectivity index (χ3n) is 4.08. The van der Waals surface area contributed by atoms with Crippen molar-refractivity contribution in [3.8, 4) is 22.6 Å². The molecule has 5 nitrogen and oxygen atoms in total. The van der Waals surface area contributed by atoms with Crippen LogP contribution in [0.3, 0.4) is 0 Å². The van der Waals surface area contributed by atoms with Crippen molar-refractivity contribution in [1.29, 1.82) is 0 Å². The quantitative estimate of drug-likeness (QED) is 0.584. The molecular weight excluding hydrogens is 374 g/mol. The molecule has 3 rings (SSSR count). The lowest BCUT2D eigenvalue weighted by molar-refractivity contribution is 0.332. The van der Waals surface area contributed by atoms with Gasteiger partial charge in [-0.2, -0.15) is 0 Å². The van der Waals surface area contributed by atoms with Crippen molar-refractivity contribution < 1.29 is 17.9 Å². The highest BCUT2D eigenvalue weighted by atomic mass is 32.2. The Kier molecular flexibility index (Phi) is 6.21. The van der Waals surface area contributed by atoms with E-state index in [1.165, 1.54) is 0 Å². The standard InChI is InChI=1S/C22H23NO4S/c1-3-26-19-12-15-22(27-4-2)21(16-19)23-28(24,25)20-13-10-18(11-14-20)17-8-6-5-7-9-17/h5-16,23H,3-4H2,1-2H3. The van der Waals surface area contributed by atoms with Gasteiger partial charge in [-0.15, -0.1) is 0 Å². The van der Waals surface area contributed by atoms with Crippen molar-refractivity contribution in [2.45, 2.75) is 18.7 Å². The molecule has 0 spiro atoms. The van der Waals surface area contributed by atoms with Crippen LogP contribution < -0.4 is 14.2 Å². The van der Waals surface area contributed by atoms with Crippen molar-refractivity contribution >= 4 is 15.7 Å². The monoisotopic (exact) mass is 397 g/mol. The molecule has 0 fully saturated rings. The zero-order chi connectivity index (χ0) is 20.0. The van der Waals surface area contributed by atoms with Gasteiger partial charge in [-0.1, -0.05) is 42.5 Å². The molecule has 0 bridgehead atoms. The molecule has 6 heteroatoms. The Morgan fingerprint density at radius 1 is 0.786 bits per heavy atom. The predicted octanol–water partition coefficient (Wildman–Crippen LogP) is 4.95. The van der Waals surface area contributed by atoms with Crippen molar-refractivity contribution in [3.05, 3.63) is 72.8 Å². The first-order valence-electron chi connectivity index (χ1n) is 9.11. The number of hydrogen-bond acceptors (Lipinski definition) is 4. The van der Waals surface area contributed by atoms with Gasteiger partial charge in [0, 0.05) is 6.07 Å². The van der Waals surface area contributed by atoms with Gasteiger partial charge >= 0.3 is 0 Å². The third-order valence-corrected chi connectivity index (χ3v) is 5.46. The number of benzene rings is 3. The molecule has 146 valence electrons. The minimum atomic E-state index is -3.77. The Labute approximate surface area is 166 Å². The van der Waals surface area contributed by atoms with Crippen molar-refractivity contribution in [2.75, 3.05) is 17.9 Å². The Bertz CT molecular complexity index is 1020. The molecule has 0 aliphatic rings. The summed E-state index contributed by atoms with van der Waals surface area (Å²) in [6.07, 6.45) is 0. The molecule has 0 heterocycles. The maximum absolute atomic E-state index is 12.9. The molecule has 3 aromatic carbocycles. The molecule has 0 aliphatic heterocycles. The predicted molar refractivity (Wildman–Crippen MR) is 111 cm³/mol. The topological polar surface area (TPSA) is 64.6 Å². The van der Waals surface area contributed by atoms with Crippen LogP contribution in [0.25, 0.3) is 11.1 Å². The van der Waals surface area contributed by atoms with Gasteiger partial charge in [0.1, 0.15) is 11.5 Å². The van der Waals surface area contributed by atoms with E-state index in [1.54, 1.807) is 42.5 Å². The van der Waals surface area contributed by atoms with Gasteiger partial charge in [0.25, 0.3) is 10.0 Å². The lowest BCUT2D eigenvalue weighted by Gasteiger charge is -2.15. The summed E-state index contributed by atoms with van der Waals surface area (Å²) in [6.45, 7) is 4.63. The van der Waals surface area contributed by atoms with E-state index in [0.717, 1.165) is 11.1 Å². The summed E-state index contributed by atoms with van der Waals surface area (Å²) in [5, 5.41) is 0. The summed E-state index contributed by atoms with van der Waals surface area (Å²) in [6, 6.07) is 21.7. The molecule has 0 amide bonds. The second-order valence-corrected chi connectivity index (χ2v) is 7.70. The number of anilines is 1. The van der Waals surface area contributed by atoms with Gasteiger partial charge in [0.2, 0.25) is 0 Å². The summed E-state index contributed by atoms with van der Waals surface area (Å²) in [5.74, 6) is 1.03.